The highest BCUT2D eigenvalue weighted by molar-refractivity contribution is 5.64. The highest BCUT2D eigenvalue weighted by atomic mass is 19.1. The number of hydrogen-bond donors (Lipinski definition) is 1. The molecule has 0 aliphatic heterocycles. The van der Waals surface area contributed by atoms with Crippen LogP contribution in [0, 0.1) is 17.5 Å². The lowest BCUT2D eigenvalue weighted by molar-refractivity contribution is -0.119. The van der Waals surface area contributed by atoms with E-state index in [1.165, 1.54) is 16.8 Å². The molecule has 9 heteroatoms. The molecule has 1 aliphatic carbocycles. The summed E-state index contributed by atoms with van der Waals surface area (Å²) in [4.78, 5) is 13.1. The third-order valence-corrected chi connectivity index (χ3v) is 5.92. The van der Waals surface area contributed by atoms with Crippen molar-refractivity contribution in [3.63, 3.8) is 0 Å². The van der Waals surface area contributed by atoms with Crippen molar-refractivity contribution < 1.29 is 22.7 Å². The highest BCUT2D eigenvalue weighted by Crippen LogP contribution is 2.33. The minimum Gasteiger partial charge on any atom is -0.351 e. The number of carbonyl (C=O) groups is 1. The van der Waals surface area contributed by atoms with E-state index in [4.69, 9.17) is 10.5 Å². The second kappa shape index (κ2) is 11.5. The zero-order valence-corrected chi connectivity index (χ0v) is 19.8. The monoisotopic (exact) mass is 496 g/mol. The largest absolute Gasteiger partial charge is 0.351 e. The van der Waals surface area contributed by atoms with Crippen LogP contribution >= 0.6 is 0 Å². The SMILES string of the molecule is CN(CCC1=CCC(N)C=C1)C(OCC=O)c1cn(-c2cc(F)cc(F)c2)nc1-c1ccc(F)cc1. The van der Waals surface area contributed by atoms with E-state index in [1.807, 2.05) is 24.1 Å². The van der Waals surface area contributed by atoms with Gasteiger partial charge in [0.15, 0.2) is 0 Å². The lowest BCUT2D eigenvalue weighted by Gasteiger charge is -2.28. The number of halogens is 3. The van der Waals surface area contributed by atoms with E-state index < -0.39 is 23.7 Å². The number of hydrogen-bond acceptors (Lipinski definition) is 5. The van der Waals surface area contributed by atoms with Crippen molar-refractivity contribution in [2.24, 2.45) is 5.73 Å². The van der Waals surface area contributed by atoms with Crippen LogP contribution in [-0.4, -0.2) is 47.2 Å². The Hall–Kier alpha value is -3.53. The number of benzene rings is 2. The van der Waals surface area contributed by atoms with Gasteiger partial charge in [0.2, 0.25) is 0 Å². The summed E-state index contributed by atoms with van der Waals surface area (Å²) in [6.45, 7) is 0.409. The zero-order valence-electron chi connectivity index (χ0n) is 19.8. The fraction of sp³-hybridized carbons (Fsp3) is 0.259. The van der Waals surface area contributed by atoms with Crippen LogP contribution in [0.4, 0.5) is 13.2 Å². The topological polar surface area (TPSA) is 73.4 Å². The highest BCUT2D eigenvalue weighted by Gasteiger charge is 2.26. The summed E-state index contributed by atoms with van der Waals surface area (Å²) in [5.74, 6) is -1.90. The van der Waals surface area contributed by atoms with Gasteiger partial charge in [-0.2, -0.15) is 5.10 Å². The first-order chi connectivity index (χ1) is 17.3. The predicted molar refractivity (Wildman–Crippen MR) is 131 cm³/mol. The first kappa shape index (κ1) is 25.6. The molecule has 0 radical (unpaired) electrons. The van der Waals surface area contributed by atoms with Crippen LogP contribution in [-0.2, 0) is 9.53 Å². The molecule has 6 nitrogen and oxygen atoms in total. The minimum atomic E-state index is -0.746. The molecule has 2 N–H and O–H groups in total. The summed E-state index contributed by atoms with van der Waals surface area (Å²) in [6.07, 6.45) is 9.10. The smallest absolute Gasteiger partial charge is 0.145 e. The molecule has 4 rings (SSSR count). The molecule has 188 valence electrons. The number of rotatable bonds is 10. The Morgan fingerprint density at radius 3 is 2.53 bits per heavy atom. The number of ether oxygens (including phenoxy) is 1. The summed E-state index contributed by atoms with van der Waals surface area (Å²) >= 11 is 0. The molecule has 0 amide bonds. The molecule has 1 aromatic heterocycles. The molecule has 1 heterocycles. The van der Waals surface area contributed by atoms with Crippen molar-refractivity contribution in [1.29, 1.82) is 0 Å². The summed E-state index contributed by atoms with van der Waals surface area (Å²) in [7, 11) is 1.85. The van der Waals surface area contributed by atoms with E-state index in [0.29, 0.717) is 29.7 Å². The van der Waals surface area contributed by atoms with Crippen LogP contribution in [0.5, 0.6) is 0 Å². The van der Waals surface area contributed by atoms with E-state index >= 15 is 0 Å². The lowest BCUT2D eigenvalue weighted by atomic mass is 10.0. The second-order valence-corrected chi connectivity index (χ2v) is 8.63. The fourth-order valence-electron chi connectivity index (χ4n) is 4.08. The molecule has 0 saturated heterocycles. The van der Waals surface area contributed by atoms with Crippen LogP contribution in [0.1, 0.15) is 24.6 Å². The molecule has 36 heavy (non-hydrogen) atoms. The van der Waals surface area contributed by atoms with Gasteiger partial charge in [0, 0.05) is 36.0 Å². The molecule has 2 aromatic carbocycles. The number of nitrogens with zero attached hydrogens (tertiary/aromatic N) is 3. The number of aromatic nitrogens is 2. The minimum absolute atomic E-state index is 0.0203. The number of allylic oxidation sites excluding steroid dienone is 1. The Bertz CT molecular complexity index is 1250. The Labute approximate surface area is 207 Å². The Kier molecular flexibility index (Phi) is 8.14. The molecule has 2 unspecified atom stereocenters. The molecule has 0 spiro atoms. The normalized spacial score (nSPS) is 16.3. The molecule has 2 atom stereocenters. The van der Waals surface area contributed by atoms with Crippen LogP contribution in [0.2, 0.25) is 0 Å². The molecular formula is C27H27F3N4O2. The van der Waals surface area contributed by atoms with E-state index in [1.54, 1.807) is 18.3 Å². The first-order valence-corrected chi connectivity index (χ1v) is 11.5. The molecule has 3 aromatic rings. The second-order valence-electron chi connectivity index (χ2n) is 8.63. The van der Waals surface area contributed by atoms with Crippen molar-refractivity contribution in [2.75, 3.05) is 20.2 Å². The number of aldehydes is 1. The van der Waals surface area contributed by atoms with Crippen molar-refractivity contribution in [3.05, 3.63) is 95.5 Å². The van der Waals surface area contributed by atoms with Gasteiger partial charge in [-0.3, -0.25) is 4.90 Å². The van der Waals surface area contributed by atoms with E-state index in [0.717, 1.165) is 36.6 Å². The Morgan fingerprint density at radius 2 is 1.89 bits per heavy atom. The van der Waals surface area contributed by atoms with Gasteiger partial charge < -0.3 is 15.3 Å². The molecule has 1 aliphatic rings. The Morgan fingerprint density at radius 1 is 1.17 bits per heavy atom. The van der Waals surface area contributed by atoms with Gasteiger partial charge in [-0.25, -0.2) is 17.9 Å². The van der Waals surface area contributed by atoms with Crippen molar-refractivity contribution in [1.82, 2.24) is 14.7 Å². The third-order valence-electron chi connectivity index (χ3n) is 5.92. The van der Waals surface area contributed by atoms with Gasteiger partial charge in [-0.15, -0.1) is 0 Å². The van der Waals surface area contributed by atoms with Gasteiger partial charge in [0.1, 0.15) is 36.6 Å². The van der Waals surface area contributed by atoms with E-state index in [-0.39, 0.29) is 18.3 Å². The summed E-state index contributed by atoms with van der Waals surface area (Å²) in [6, 6.07) is 8.85. The van der Waals surface area contributed by atoms with Gasteiger partial charge in [0.05, 0.1) is 11.4 Å². The maximum absolute atomic E-state index is 13.9. The Balaban J connectivity index is 1.71. The molecule has 0 fully saturated rings. The van der Waals surface area contributed by atoms with E-state index in [9.17, 15) is 18.0 Å². The zero-order chi connectivity index (χ0) is 25.7. The average Bonchev–Trinajstić information content (AvgIpc) is 3.29. The summed E-state index contributed by atoms with van der Waals surface area (Å²) in [5.41, 5.74) is 8.80. The standard InChI is InChI=1S/C27H27F3N4O2/c1-33(11-10-18-2-8-23(31)9-3-18)27(36-13-12-35)25-17-34(24-15-21(29)14-22(30)16-24)32-26(25)19-4-6-20(28)7-5-19/h2-8,12,14-17,23,27H,9-11,13,31H2,1H3. The van der Waals surface area contributed by atoms with Crippen LogP contribution < -0.4 is 5.73 Å². The molecule has 0 saturated carbocycles. The van der Waals surface area contributed by atoms with Crippen molar-refractivity contribution in [2.45, 2.75) is 25.1 Å². The van der Waals surface area contributed by atoms with Crippen LogP contribution in [0.15, 0.2) is 72.5 Å². The van der Waals surface area contributed by atoms with Crippen molar-refractivity contribution >= 4 is 6.29 Å². The van der Waals surface area contributed by atoms with Crippen molar-refractivity contribution in [3.8, 4) is 16.9 Å². The third kappa shape index (κ3) is 6.17. The number of carbonyl (C=O) groups excluding carboxylic acids is 1. The predicted octanol–water partition coefficient (Wildman–Crippen LogP) is 4.71. The maximum atomic E-state index is 13.9. The summed E-state index contributed by atoms with van der Waals surface area (Å²) < 4.78 is 48.7. The molecular weight excluding hydrogens is 469 g/mol. The van der Waals surface area contributed by atoms with E-state index in [2.05, 4.69) is 11.2 Å². The van der Waals surface area contributed by atoms with Crippen LogP contribution in [0.3, 0.4) is 0 Å². The van der Waals surface area contributed by atoms with Gasteiger partial charge in [-0.05, 0) is 56.3 Å². The van der Waals surface area contributed by atoms with Gasteiger partial charge in [0.25, 0.3) is 0 Å². The molecule has 0 bridgehead atoms. The average molecular weight is 497 g/mol. The fourth-order valence-corrected chi connectivity index (χ4v) is 4.08. The maximum Gasteiger partial charge on any atom is 0.145 e. The quantitative estimate of drug-likeness (QED) is 0.325. The first-order valence-electron chi connectivity index (χ1n) is 11.5. The summed E-state index contributed by atoms with van der Waals surface area (Å²) in [5, 5.41) is 4.56. The van der Waals surface area contributed by atoms with Gasteiger partial charge >= 0.3 is 0 Å². The van der Waals surface area contributed by atoms with Crippen LogP contribution in [0.25, 0.3) is 16.9 Å². The lowest BCUT2D eigenvalue weighted by Crippen LogP contribution is -2.29. The number of nitrogens with two attached hydrogens (primary N) is 1. The van der Waals surface area contributed by atoms with Gasteiger partial charge in [-0.1, -0.05) is 23.8 Å².